The molecule has 0 unspecified atom stereocenters. The molecule has 0 heterocycles. The second kappa shape index (κ2) is 6.96. The highest BCUT2D eigenvalue weighted by Crippen LogP contribution is 2.14. The van der Waals surface area contributed by atoms with Gasteiger partial charge in [-0.1, -0.05) is 13.8 Å². The quantitative estimate of drug-likeness (QED) is 0.822. The van der Waals surface area contributed by atoms with E-state index in [9.17, 15) is 4.79 Å². The van der Waals surface area contributed by atoms with Crippen molar-refractivity contribution in [2.45, 2.75) is 20.3 Å². The summed E-state index contributed by atoms with van der Waals surface area (Å²) in [6.45, 7) is 3.97. The molecule has 0 aliphatic rings. The van der Waals surface area contributed by atoms with Gasteiger partial charge in [0, 0.05) is 12.1 Å². The third-order valence-corrected chi connectivity index (χ3v) is 2.40. The van der Waals surface area contributed by atoms with Gasteiger partial charge in [-0.3, -0.25) is 4.79 Å². The number of hydrogen-bond acceptors (Lipinski definition) is 3. The minimum absolute atomic E-state index is 0.0731. The Morgan fingerprint density at radius 3 is 2.44 bits per heavy atom. The molecule has 0 bridgehead atoms. The number of methoxy groups -OCH3 is 1. The highest BCUT2D eigenvalue weighted by molar-refractivity contribution is 7.80. The van der Waals surface area contributed by atoms with Crippen LogP contribution in [0.5, 0.6) is 5.75 Å². The van der Waals surface area contributed by atoms with E-state index in [-0.39, 0.29) is 5.91 Å². The first-order chi connectivity index (χ1) is 8.51. The van der Waals surface area contributed by atoms with E-state index < -0.39 is 0 Å². The second-order valence-electron chi connectivity index (χ2n) is 4.33. The minimum atomic E-state index is -0.0731. The molecule has 0 aromatic heterocycles. The van der Waals surface area contributed by atoms with Gasteiger partial charge in [-0.05, 0) is 42.4 Å². The molecule has 4 nitrogen and oxygen atoms in total. The summed E-state index contributed by atoms with van der Waals surface area (Å²) in [7, 11) is 1.61. The zero-order chi connectivity index (χ0) is 13.5. The van der Waals surface area contributed by atoms with Crippen LogP contribution in [0.1, 0.15) is 20.3 Å². The molecule has 1 aromatic carbocycles. The highest BCUT2D eigenvalue weighted by atomic mass is 32.1. The number of carbonyl (C=O) groups is 1. The minimum Gasteiger partial charge on any atom is -0.497 e. The predicted molar refractivity (Wildman–Crippen MR) is 76.8 cm³/mol. The Morgan fingerprint density at radius 1 is 1.33 bits per heavy atom. The van der Waals surface area contributed by atoms with E-state index in [1.807, 2.05) is 38.1 Å². The van der Waals surface area contributed by atoms with Crippen LogP contribution in [-0.4, -0.2) is 18.1 Å². The summed E-state index contributed by atoms with van der Waals surface area (Å²) in [6, 6.07) is 7.31. The Kier molecular flexibility index (Phi) is 5.58. The van der Waals surface area contributed by atoms with Gasteiger partial charge >= 0.3 is 0 Å². The van der Waals surface area contributed by atoms with E-state index in [0.29, 0.717) is 17.5 Å². The summed E-state index contributed by atoms with van der Waals surface area (Å²) in [6.07, 6.45) is 0.463. The normalized spacial score (nSPS) is 10.0. The summed E-state index contributed by atoms with van der Waals surface area (Å²) >= 11 is 5.05. The second-order valence-corrected chi connectivity index (χ2v) is 4.74. The zero-order valence-electron chi connectivity index (χ0n) is 10.8. The lowest BCUT2D eigenvalue weighted by Gasteiger charge is -2.10. The van der Waals surface area contributed by atoms with Crippen molar-refractivity contribution in [2.75, 3.05) is 12.4 Å². The van der Waals surface area contributed by atoms with Crippen molar-refractivity contribution in [1.82, 2.24) is 5.32 Å². The average Bonchev–Trinajstić information content (AvgIpc) is 2.28. The molecule has 0 aliphatic heterocycles. The van der Waals surface area contributed by atoms with Crippen LogP contribution in [-0.2, 0) is 4.79 Å². The standard InChI is InChI=1S/C13H18N2O2S/c1-9(2)8-12(16)15-13(18)14-10-4-6-11(17-3)7-5-10/h4-7,9H,8H2,1-3H3,(H2,14,15,16,18). The van der Waals surface area contributed by atoms with Crippen molar-refractivity contribution in [3.05, 3.63) is 24.3 Å². The van der Waals surface area contributed by atoms with Crippen LogP contribution in [0.15, 0.2) is 24.3 Å². The van der Waals surface area contributed by atoms with Crippen LogP contribution in [0.3, 0.4) is 0 Å². The lowest BCUT2D eigenvalue weighted by Crippen LogP contribution is -2.34. The van der Waals surface area contributed by atoms with Gasteiger partial charge in [0.2, 0.25) is 5.91 Å². The van der Waals surface area contributed by atoms with Crippen LogP contribution >= 0.6 is 12.2 Å². The number of rotatable bonds is 4. The fourth-order valence-electron chi connectivity index (χ4n) is 1.39. The first kappa shape index (κ1) is 14.4. The summed E-state index contributed by atoms with van der Waals surface area (Å²) in [5.41, 5.74) is 0.811. The molecule has 0 radical (unpaired) electrons. The monoisotopic (exact) mass is 266 g/mol. The average molecular weight is 266 g/mol. The van der Waals surface area contributed by atoms with E-state index >= 15 is 0 Å². The maximum atomic E-state index is 11.5. The number of amides is 1. The zero-order valence-corrected chi connectivity index (χ0v) is 11.6. The van der Waals surface area contributed by atoms with Crippen molar-refractivity contribution in [1.29, 1.82) is 0 Å². The van der Waals surface area contributed by atoms with Gasteiger partial charge in [0.05, 0.1) is 7.11 Å². The van der Waals surface area contributed by atoms with Gasteiger partial charge in [-0.25, -0.2) is 0 Å². The van der Waals surface area contributed by atoms with Crippen molar-refractivity contribution >= 4 is 28.9 Å². The van der Waals surface area contributed by atoms with Gasteiger partial charge < -0.3 is 15.4 Å². The molecular formula is C13H18N2O2S. The third-order valence-electron chi connectivity index (χ3n) is 2.19. The van der Waals surface area contributed by atoms with Gasteiger partial charge in [-0.2, -0.15) is 0 Å². The van der Waals surface area contributed by atoms with Crippen molar-refractivity contribution in [2.24, 2.45) is 5.92 Å². The number of ether oxygens (including phenoxy) is 1. The van der Waals surface area contributed by atoms with Crippen LogP contribution in [0.2, 0.25) is 0 Å². The smallest absolute Gasteiger partial charge is 0.226 e. The molecule has 5 heteroatoms. The first-order valence-corrected chi connectivity index (χ1v) is 6.17. The highest BCUT2D eigenvalue weighted by Gasteiger charge is 2.06. The number of thiocarbonyl (C=S) groups is 1. The van der Waals surface area contributed by atoms with E-state index in [0.717, 1.165) is 11.4 Å². The summed E-state index contributed by atoms with van der Waals surface area (Å²) in [5.74, 6) is 1.01. The van der Waals surface area contributed by atoms with E-state index in [2.05, 4.69) is 10.6 Å². The summed E-state index contributed by atoms with van der Waals surface area (Å²) in [5, 5.41) is 5.89. The fraction of sp³-hybridized carbons (Fsp3) is 0.385. The maximum absolute atomic E-state index is 11.5. The Balaban J connectivity index is 2.46. The van der Waals surface area contributed by atoms with Crippen molar-refractivity contribution in [3.8, 4) is 5.75 Å². The molecule has 0 saturated heterocycles. The molecule has 0 atom stereocenters. The SMILES string of the molecule is COc1ccc(NC(=S)NC(=O)CC(C)C)cc1. The topological polar surface area (TPSA) is 50.4 Å². The molecule has 2 N–H and O–H groups in total. The molecule has 98 valence electrons. The van der Waals surface area contributed by atoms with Crippen LogP contribution < -0.4 is 15.4 Å². The van der Waals surface area contributed by atoms with Crippen LogP contribution in [0.4, 0.5) is 5.69 Å². The van der Waals surface area contributed by atoms with E-state index in [1.165, 1.54) is 0 Å². The van der Waals surface area contributed by atoms with Gasteiger partial charge in [0.15, 0.2) is 5.11 Å². The van der Waals surface area contributed by atoms with Crippen molar-refractivity contribution in [3.63, 3.8) is 0 Å². The number of benzene rings is 1. The largest absolute Gasteiger partial charge is 0.497 e. The maximum Gasteiger partial charge on any atom is 0.226 e. The van der Waals surface area contributed by atoms with Gasteiger partial charge in [0.1, 0.15) is 5.75 Å². The Hall–Kier alpha value is -1.62. The summed E-state index contributed by atoms with van der Waals surface area (Å²) < 4.78 is 5.05. The van der Waals surface area contributed by atoms with Gasteiger partial charge in [-0.15, -0.1) is 0 Å². The molecule has 1 aromatic rings. The Labute approximate surface area is 113 Å². The predicted octanol–water partition coefficient (Wildman–Crippen LogP) is 2.55. The van der Waals surface area contributed by atoms with Crippen LogP contribution in [0, 0.1) is 5.92 Å². The molecule has 0 fully saturated rings. The summed E-state index contributed by atoms with van der Waals surface area (Å²) in [4.78, 5) is 11.5. The van der Waals surface area contributed by atoms with E-state index in [1.54, 1.807) is 7.11 Å². The molecular weight excluding hydrogens is 248 g/mol. The Bertz CT molecular complexity index is 416. The molecule has 0 aliphatic carbocycles. The molecule has 1 amide bonds. The van der Waals surface area contributed by atoms with Crippen LogP contribution in [0.25, 0.3) is 0 Å². The number of nitrogens with one attached hydrogen (secondary N) is 2. The van der Waals surface area contributed by atoms with E-state index in [4.69, 9.17) is 17.0 Å². The third kappa shape index (κ3) is 5.14. The lowest BCUT2D eigenvalue weighted by molar-refractivity contribution is -0.120. The molecule has 1 rings (SSSR count). The molecule has 18 heavy (non-hydrogen) atoms. The fourth-order valence-corrected chi connectivity index (χ4v) is 1.62. The van der Waals surface area contributed by atoms with Crippen molar-refractivity contribution < 1.29 is 9.53 Å². The number of anilines is 1. The lowest BCUT2D eigenvalue weighted by atomic mass is 10.1. The Morgan fingerprint density at radius 2 is 1.94 bits per heavy atom. The number of carbonyl (C=O) groups excluding carboxylic acids is 1. The first-order valence-electron chi connectivity index (χ1n) is 5.76. The molecule has 0 saturated carbocycles. The van der Waals surface area contributed by atoms with Gasteiger partial charge in [0.25, 0.3) is 0 Å². The molecule has 0 spiro atoms. The number of hydrogen-bond donors (Lipinski definition) is 2.